The number of likely N-dealkylation sites (N-methyl/N-ethyl adjacent to an activating group) is 1. The molecule has 2 aromatic carbocycles. The Morgan fingerprint density at radius 1 is 1.14 bits per heavy atom. The minimum atomic E-state index is -0.285. The van der Waals surface area contributed by atoms with Crippen molar-refractivity contribution in [1.82, 2.24) is 14.7 Å². The fourth-order valence-electron chi connectivity index (χ4n) is 2.52. The van der Waals surface area contributed by atoms with Gasteiger partial charge in [0.1, 0.15) is 11.6 Å². The molecule has 3 aromatic rings. The lowest BCUT2D eigenvalue weighted by molar-refractivity contribution is -0.130. The zero-order chi connectivity index (χ0) is 20.8. The second-order valence-electron chi connectivity index (χ2n) is 6.56. The Kier molecular flexibility index (Phi) is 6.66. The second kappa shape index (κ2) is 9.38. The predicted molar refractivity (Wildman–Crippen MR) is 114 cm³/mol. The van der Waals surface area contributed by atoms with Crippen molar-refractivity contribution < 1.29 is 14.3 Å². The molecule has 7 nitrogen and oxygen atoms in total. The number of anilines is 1. The first-order valence-electron chi connectivity index (χ1n) is 8.93. The summed E-state index contributed by atoms with van der Waals surface area (Å²) in [5.74, 6) is 0.604. The number of benzene rings is 2. The van der Waals surface area contributed by atoms with Crippen molar-refractivity contribution in [1.29, 1.82) is 0 Å². The van der Waals surface area contributed by atoms with E-state index in [1.54, 1.807) is 55.3 Å². The number of carbonyl (C=O) groups excluding carboxylic acids is 2. The molecule has 29 heavy (non-hydrogen) atoms. The Morgan fingerprint density at radius 2 is 1.90 bits per heavy atom. The van der Waals surface area contributed by atoms with Gasteiger partial charge in [0.15, 0.2) is 6.61 Å². The van der Waals surface area contributed by atoms with Gasteiger partial charge in [0, 0.05) is 30.2 Å². The summed E-state index contributed by atoms with van der Waals surface area (Å²) in [6, 6.07) is 16.4. The van der Waals surface area contributed by atoms with Crippen LogP contribution < -0.4 is 10.1 Å². The normalized spacial score (nSPS) is 10.4. The van der Waals surface area contributed by atoms with Gasteiger partial charge in [-0.1, -0.05) is 34.1 Å². The average Bonchev–Trinajstić information content (AvgIpc) is 3.14. The van der Waals surface area contributed by atoms with Crippen molar-refractivity contribution in [3.8, 4) is 5.75 Å². The van der Waals surface area contributed by atoms with Crippen LogP contribution in [0.25, 0.3) is 0 Å². The van der Waals surface area contributed by atoms with E-state index in [2.05, 4.69) is 26.3 Å². The Morgan fingerprint density at radius 3 is 2.62 bits per heavy atom. The van der Waals surface area contributed by atoms with Gasteiger partial charge in [0.05, 0.1) is 12.7 Å². The minimum absolute atomic E-state index is 0.0853. The van der Waals surface area contributed by atoms with Crippen LogP contribution in [0.4, 0.5) is 5.82 Å². The number of nitrogens with zero attached hydrogens (tertiary/aromatic N) is 3. The van der Waals surface area contributed by atoms with Crippen molar-refractivity contribution >= 4 is 33.6 Å². The summed E-state index contributed by atoms with van der Waals surface area (Å²) in [7, 11) is 3.32. The van der Waals surface area contributed by atoms with Crippen LogP contribution in [0.3, 0.4) is 0 Å². The van der Waals surface area contributed by atoms with Gasteiger partial charge in [-0.05, 0) is 35.9 Å². The quantitative estimate of drug-likeness (QED) is 0.590. The molecular weight excluding hydrogens is 436 g/mol. The van der Waals surface area contributed by atoms with Gasteiger partial charge < -0.3 is 15.0 Å². The van der Waals surface area contributed by atoms with E-state index in [0.717, 1.165) is 10.0 Å². The summed E-state index contributed by atoms with van der Waals surface area (Å²) < 4.78 is 8.20. The lowest BCUT2D eigenvalue weighted by atomic mass is 10.2. The average molecular weight is 457 g/mol. The van der Waals surface area contributed by atoms with Gasteiger partial charge in [0.2, 0.25) is 0 Å². The van der Waals surface area contributed by atoms with Crippen molar-refractivity contribution in [2.75, 3.05) is 26.0 Å². The van der Waals surface area contributed by atoms with E-state index in [4.69, 9.17) is 4.74 Å². The topological polar surface area (TPSA) is 76.5 Å². The highest BCUT2D eigenvalue weighted by molar-refractivity contribution is 9.10. The van der Waals surface area contributed by atoms with Crippen LogP contribution in [0.2, 0.25) is 0 Å². The van der Waals surface area contributed by atoms with Gasteiger partial charge >= 0.3 is 0 Å². The minimum Gasteiger partial charge on any atom is -0.484 e. The molecule has 0 spiro atoms. The molecule has 0 atom stereocenters. The summed E-state index contributed by atoms with van der Waals surface area (Å²) in [6.45, 7) is 0.448. The highest BCUT2D eigenvalue weighted by Crippen LogP contribution is 2.17. The molecule has 0 fully saturated rings. The number of aromatic nitrogens is 2. The van der Waals surface area contributed by atoms with E-state index >= 15 is 0 Å². The van der Waals surface area contributed by atoms with Crippen LogP contribution in [0.15, 0.2) is 65.3 Å². The van der Waals surface area contributed by atoms with Crippen LogP contribution in [-0.2, 0) is 11.3 Å². The van der Waals surface area contributed by atoms with Gasteiger partial charge in [-0.2, -0.15) is 5.10 Å². The molecule has 1 aromatic heterocycles. The molecule has 3 rings (SSSR count). The fourth-order valence-corrected chi connectivity index (χ4v) is 2.78. The second-order valence-corrected chi connectivity index (χ2v) is 7.48. The third-order valence-electron chi connectivity index (χ3n) is 4.16. The predicted octanol–water partition coefficient (Wildman–Crippen LogP) is 3.41. The summed E-state index contributed by atoms with van der Waals surface area (Å²) in [5, 5.41) is 7.16. The third kappa shape index (κ3) is 5.68. The molecule has 0 aliphatic heterocycles. The van der Waals surface area contributed by atoms with E-state index in [9.17, 15) is 9.59 Å². The van der Waals surface area contributed by atoms with Crippen LogP contribution >= 0.6 is 15.9 Å². The summed E-state index contributed by atoms with van der Waals surface area (Å²) in [4.78, 5) is 25.8. The summed E-state index contributed by atoms with van der Waals surface area (Å²) in [5.41, 5.74) is 1.49. The smallest absolute Gasteiger partial charge is 0.259 e. The molecule has 1 N–H and O–H groups in total. The Labute approximate surface area is 177 Å². The van der Waals surface area contributed by atoms with Crippen molar-refractivity contribution in [2.45, 2.75) is 6.54 Å². The van der Waals surface area contributed by atoms with Crippen molar-refractivity contribution in [3.63, 3.8) is 0 Å². The molecule has 0 aliphatic carbocycles. The molecule has 8 heteroatoms. The highest BCUT2D eigenvalue weighted by Gasteiger charge is 2.12. The van der Waals surface area contributed by atoms with Crippen LogP contribution in [0.1, 0.15) is 15.9 Å². The first-order valence-corrected chi connectivity index (χ1v) is 9.72. The molecule has 2 amide bonds. The fraction of sp³-hybridized carbons (Fsp3) is 0.190. The number of nitrogens with one attached hydrogen (secondary N) is 1. The first-order chi connectivity index (χ1) is 13.9. The number of carbonyl (C=O) groups is 2. The molecule has 0 aliphatic rings. The molecule has 0 bridgehead atoms. The maximum Gasteiger partial charge on any atom is 0.259 e. The number of amides is 2. The largest absolute Gasteiger partial charge is 0.484 e. The highest BCUT2D eigenvalue weighted by atomic mass is 79.9. The van der Waals surface area contributed by atoms with Gasteiger partial charge in [-0.15, -0.1) is 0 Å². The standard InChI is InChI=1S/C21H21BrN4O3/c1-25(2)20(27)14-29-18-5-3-4-16(12-18)21(28)24-19-10-11-23-26(19)13-15-6-8-17(22)9-7-15/h3-12H,13-14H2,1-2H3,(H,24,28). The lowest BCUT2D eigenvalue weighted by Gasteiger charge is -2.12. The Balaban J connectivity index is 1.66. The van der Waals surface area contributed by atoms with Crippen molar-refractivity contribution in [2.24, 2.45) is 0 Å². The van der Waals surface area contributed by atoms with Crippen molar-refractivity contribution in [3.05, 3.63) is 76.4 Å². The van der Waals surface area contributed by atoms with Crippen LogP contribution in [-0.4, -0.2) is 47.2 Å². The Bertz CT molecular complexity index is 999. The zero-order valence-electron chi connectivity index (χ0n) is 16.1. The van der Waals surface area contributed by atoms with Gasteiger partial charge in [-0.3, -0.25) is 9.59 Å². The lowest BCUT2D eigenvalue weighted by Crippen LogP contribution is -2.27. The maximum atomic E-state index is 12.7. The van der Waals surface area contributed by atoms with E-state index in [0.29, 0.717) is 23.7 Å². The first kappa shape index (κ1) is 20.6. The third-order valence-corrected chi connectivity index (χ3v) is 4.69. The number of hydrogen-bond donors (Lipinski definition) is 1. The molecule has 0 saturated carbocycles. The van der Waals surface area contributed by atoms with Crippen LogP contribution in [0, 0.1) is 0 Å². The summed E-state index contributed by atoms with van der Waals surface area (Å²) >= 11 is 3.42. The number of halogens is 1. The van der Waals surface area contributed by atoms with E-state index in [-0.39, 0.29) is 18.4 Å². The van der Waals surface area contributed by atoms with Crippen LogP contribution in [0.5, 0.6) is 5.75 Å². The molecular formula is C21H21BrN4O3. The number of rotatable bonds is 7. The molecule has 0 saturated heterocycles. The SMILES string of the molecule is CN(C)C(=O)COc1cccc(C(=O)Nc2ccnn2Cc2ccc(Br)cc2)c1. The van der Waals surface area contributed by atoms with E-state index in [1.807, 2.05) is 24.3 Å². The Hall–Kier alpha value is -3.13. The number of hydrogen-bond acceptors (Lipinski definition) is 4. The molecule has 150 valence electrons. The van der Waals surface area contributed by atoms with Gasteiger partial charge in [-0.25, -0.2) is 4.68 Å². The summed E-state index contributed by atoms with van der Waals surface area (Å²) in [6.07, 6.45) is 1.64. The van der Waals surface area contributed by atoms with E-state index < -0.39 is 0 Å². The molecule has 1 heterocycles. The number of ether oxygens (including phenoxy) is 1. The maximum absolute atomic E-state index is 12.7. The van der Waals surface area contributed by atoms with E-state index in [1.165, 1.54) is 4.90 Å². The molecule has 0 unspecified atom stereocenters. The monoisotopic (exact) mass is 456 g/mol. The zero-order valence-corrected chi connectivity index (χ0v) is 17.7. The van der Waals surface area contributed by atoms with Gasteiger partial charge in [0.25, 0.3) is 11.8 Å². The molecule has 0 radical (unpaired) electrons.